The Morgan fingerprint density at radius 3 is 2.59 bits per heavy atom. The van der Waals surface area contributed by atoms with Gasteiger partial charge in [-0.05, 0) is 42.9 Å². The van der Waals surface area contributed by atoms with Crippen molar-refractivity contribution in [3.63, 3.8) is 0 Å². The Kier molecular flexibility index (Phi) is 5.32. The summed E-state index contributed by atoms with van der Waals surface area (Å²) in [4.78, 5) is 11.8. The maximum atomic E-state index is 12.0. The molecule has 122 valence electrons. The van der Waals surface area contributed by atoms with E-state index in [2.05, 4.69) is 17.0 Å². The van der Waals surface area contributed by atoms with Crippen LogP contribution in [-0.2, 0) is 11.2 Å². The molecule has 2 rings (SSSR count). The third-order valence-corrected chi connectivity index (χ3v) is 3.73. The van der Waals surface area contributed by atoms with Crippen LogP contribution in [0.25, 0.3) is 0 Å². The summed E-state index contributed by atoms with van der Waals surface area (Å²) in [5.74, 6) is 0.369. The van der Waals surface area contributed by atoms with Crippen LogP contribution in [0.1, 0.15) is 38.2 Å². The van der Waals surface area contributed by atoms with Gasteiger partial charge in [0.25, 0.3) is 0 Å². The Morgan fingerprint density at radius 1 is 1.32 bits per heavy atom. The second kappa shape index (κ2) is 7.03. The highest BCUT2D eigenvalue weighted by Crippen LogP contribution is 2.34. The zero-order valence-corrected chi connectivity index (χ0v) is 12.5. The quantitative estimate of drug-likeness (QED) is 0.830. The summed E-state index contributed by atoms with van der Waals surface area (Å²) in [6, 6.07) is 5.93. The van der Waals surface area contributed by atoms with Crippen molar-refractivity contribution in [3.05, 3.63) is 29.8 Å². The highest BCUT2D eigenvalue weighted by molar-refractivity contribution is 5.76. The Hall–Kier alpha value is -1.72. The number of nitrogens with one attached hydrogen (secondary N) is 1. The summed E-state index contributed by atoms with van der Waals surface area (Å²) in [6.45, 7) is 2.13. The van der Waals surface area contributed by atoms with Crippen LogP contribution in [0, 0.1) is 5.92 Å². The first-order chi connectivity index (χ1) is 10.4. The zero-order chi connectivity index (χ0) is 16.2. The molecule has 1 aromatic rings. The van der Waals surface area contributed by atoms with E-state index in [0.29, 0.717) is 24.8 Å². The predicted octanol–water partition coefficient (Wildman–Crippen LogP) is 3.82. The molecule has 2 atom stereocenters. The average molecular weight is 315 g/mol. The standard InChI is InChI=1S/C16H20F3NO2/c1-2-3-12-10-14(12)20-15(21)9-6-11-4-7-13(8-5-11)22-16(17,18)19/h4-5,7-8,12,14H,2-3,6,9-10H2,1H3,(H,20,21)/t12-,14+/m1/s1. The van der Waals surface area contributed by atoms with Crippen molar-refractivity contribution >= 4 is 5.91 Å². The Labute approximate surface area is 127 Å². The minimum atomic E-state index is -4.68. The van der Waals surface area contributed by atoms with Crippen LogP contribution in [0.5, 0.6) is 5.75 Å². The average Bonchev–Trinajstić information content (AvgIpc) is 3.14. The van der Waals surface area contributed by atoms with E-state index >= 15 is 0 Å². The lowest BCUT2D eigenvalue weighted by molar-refractivity contribution is -0.274. The normalized spacial score (nSPS) is 20.5. The summed E-state index contributed by atoms with van der Waals surface area (Å²) in [5, 5.41) is 2.99. The van der Waals surface area contributed by atoms with Gasteiger partial charge in [-0.25, -0.2) is 0 Å². The molecule has 1 aromatic carbocycles. The molecular formula is C16H20F3NO2. The number of hydrogen-bond acceptors (Lipinski definition) is 2. The van der Waals surface area contributed by atoms with Gasteiger partial charge in [0.15, 0.2) is 0 Å². The summed E-state index contributed by atoms with van der Waals surface area (Å²) in [6.07, 6.45) is -0.503. The van der Waals surface area contributed by atoms with Gasteiger partial charge < -0.3 is 10.1 Å². The van der Waals surface area contributed by atoms with Crippen LogP contribution >= 0.6 is 0 Å². The first-order valence-electron chi connectivity index (χ1n) is 7.51. The van der Waals surface area contributed by atoms with E-state index in [1.165, 1.54) is 12.1 Å². The third kappa shape index (κ3) is 5.58. The van der Waals surface area contributed by atoms with E-state index in [1.807, 2.05) is 0 Å². The highest BCUT2D eigenvalue weighted by Gasteiger charge is 2.36. The number of aryl methyl sites for hydroxylation is 1. The molecule has 0 saturated heterocycles. The first-order valence-corrected chi connectivity index (χ1v) is 7.51. The van der Waals surface area contributed by atoms with Gasteiger partial charge in [-0.3, -0.25) is 4.79 Å². The highest BCUT2D eigenvalue weighted by atomic mass is 19.4. The molecule has 6 heteroatoms. The second-order valence-corrected chi connectivity index (χ2v) is 5.65. The van der Waals surface area contributed by atoms with Crippen molar-refractivity contribution < 1.29 is 22.7 Å². The van der Waals surface area contributed by atoms with Gasteiger partial charge in [0.1, 0.15) is 5.75 Å². The fraction of sp³-hybridized carbons (Fsp3) is 0.562. The smallest absolute Gasteiger partial charge is 0.406 e. The summed E-state index contributed by atoms with van der Waals surface area (Å²) in [5.41, 5.74) is 0.811. The molecule has 1 saturated carbocycles. The largest absolute Gasteiger partial charge is 0.573 e. The molecular weight excluding hydrogens is 295 g/mol. The summed E-state index contributed by atoms with van der Waals surface area (Å²) < 4.78 is 39.9. The van der Waals surface area contributed by atoms with Crippen molar-refractivity contribution in [2.24, 2.45) is 5.92 Å². The first kappa shape index (κ1) is 16.6. The molecule has 1 aliphatic carbocycles. The van der Waals surface area contributed by atoms with Gasteiger partial charge in [-0.2, -0.15) is 0 Å². The third-order valence-electron chi connectivity index (χ3n) is 3.73. The summed E-state index contributed by atoms with van der Waals surface area (Å²) >= 11 is 0. The van der Waals surface area contributed by atoms with Gasteiger partial charge in [-0.15, -0.1) is 13.2 Å². The van der Waals surface area contributed by atoms with Crippen molar-refractivity contribution in [2.75, 3.05) is 0 Å². The van der Waals surface area contributed by atoms with Crippen LogP contribution in [0.3, 0.4) is 0 Å². The van der Waals surface area contributed by atoms with Gasteiger partial charge in [0, 0.05) is 12.5 Å². The lowest BCUT2D eigenvalue weighted by Gasteiger charge is -2.09. The molecule has 22 heavy (non-hydrogen) atoms. The molecule has 0 unspecified atom stereocenters. The Balaban J connectivity index is 1.71. The molecule has 1 N–H and O–H groups in total. The van der Waals surface area contributed by atoms with Gasteiger partial charge in [0.2, 0.25) is 5.91 Å². The van der Waals surface area contributed by atoms with E-state index in [-0.39, 0.29) is 11.7 Å². The number of hydrogen-bond donors (Lipinski definition) is 1. The SMILES string of the molecule is CCC[C@@H]1C[C@@H]1NC(=O)CCc1ccc(OC(F)(F)F)cc1. The van der Waals surface area contributed by atoms with Crippen LogP contribution in [-0.4, -0.2) is 18.3 Å². The predicted molar refractivity (Wildman–Crippen MR) is 76.4 cm³/mol. The van der Waals surface area contributed by atoms with Gasteiger partial charge >= 0.3 is 6.36 Å². The summed E-state index contributed by atoms with van der Waals surface area (Å²) in [7, 11) is 0. The number of alkyl halides is 3. The number of halogens is 3. The molecule has 3 nitrogen and oxygen atoms in total. The maximum absolute atomic E-state index is 12.0. The minimum Gasteiger partial charge on any atom is -0.406 e. The molecule has 0 aliphatic heterocycles. The Bertz CT molecular complexity index is 499. The fourth-order valence-corrected chi connectivity index (χ4v) is 2.51. The molecule has 1 fully saturated rings. The van der Waals surface area contributed by atoms with E-state index in [0.717, 1.165) is 24.8 Å². The van der Waals surface area contributed by atoms with Crippen molar-refractivity contribution in [2.45, 2.75) is 51.4 Å². The van der Waals surface area contributed by atoms with E-state index < -0.39 is 6.36 Å². The number of carbonyl (C=O) groups is 1. The molecule has 0 radical (unpaired) electrons. The van der Waals surface area contributed by atoms with Gasteiger partial charge in [-0.1, -0.05) is 25.5 Å². The van der Waals surface area contributed by atoms with E-state index in [9.17, 15) is 18.0 Å². The van der Waals surface area contributed by atoms with E-state index in [4.69, 9.17) is 0 Å². The minimum absolute atomic E-state index is 0.000721. The van der Waals surface area contributed by atoms with Crippen molar-refractivity contribution in [1.29, 1.82) is 0 Å². The van der Waals surface area contributed by atoms with Gasteiger partial charge in [0.05, 0.1) is 0 Å². The second-order valence-electron chi connectivity index (χ2n) is 5.65. The lowest BCUT2D eigenvalue weighted by atomic mass is 10.1. The number of benzene rings is 1. The number of carbonyl (C=O) groups excluding carboxylic acids is 1. The van der Waals surface area contributed by atoms with E-state index in [1.54, 1.807) is 12.1 Å². The monoisotopic (exact) mass is 315 g/mol. The van der Waals surface area contributed by atoms with Crippen LogP contribution in [0.2, 0.25) is 0 Å². The van der Waals surface area contributed by atoms with Crippen molar-refractivity contribution in [1.82, 2.24) is 5.32 Å². The lowest BCUT2D eigenvalue weighted by Crippen LogP contribution is -2.27. The zero-order valence-electron chi connectivity index (χ0n) is 12.5. The van der Waals surface area contributed by atoms with Crippen LogP contribution < -0.4 is 10.1 Å². The topological polar surface area (TPSA) is 38.3 Å². The molecule has 0 heterocycles. The van der Waals surface area contributed by atoms with Crippen LogP contribution in [0.4, 0.5) is 13.2 Å². The fourth-order valence-electron chi connectivity index (χ4n) is 2.51. The maximum Gasteiger partial charge on any atom is 0.573 e. The molecule has 1 amide bonds. The number of ether oxygens (including phenoxy) is 1. The number of rotatable bonds is 7. The van der Waals surface area contributed by atoms with Crippen LogP contribution in [0.15, 0.2) is 24.3 Å². The number of amides is 1. The molecule has 0 aromatic heterocycles. The molecule has 0 spiro atoms. The molecule has 1 aliphatic rings. The van der Waals surface area contributed by atoms with Crippen molar-refractivity contribution in [3.8, 4) is 5.75 Å². The molecule has 0 bridgehead atoms. The Morgan fingerprint density at radius 2 is 2.00 bits per heavy atom.